The second kappa shape index (κ2) is 11.2. The molecule has 0 saturated carbocycles. The fourth-order valence-electron chi connectivity index (χ4n) is 2.32. The molecule has 0 fully saturated rings. The molecule has 1 heterocycles. The summed E-state index contributed by atoms with van der Waals surface area (Å²) in [6, 6.07) is 10.1. The van der Waals surface area contributed by atoms with Gasteiger partial charge in [0.25, 0.3) is 0 Å². The molecule has 25 heavy (non-hydrogen) atoms. The third-order valence-electron chi connectivity index (χ3n) is 3.73. The summed E-state index contributed by atoms with van der Waals surface area (Å²) in [5, 5.41) is 5.24. The Balaban J connectivity index is 0.00000312. The van der Waals surface area contributed by atoms with E-state index in [0.29, 0.717) is 18.4 Å². The van der Waals surface area contributed by atoms with Crippen LogP contribution in [0.4, 0.5) is 0 Å². The van der Waals surface area contributed by atoms with Crippen molar-refractivity contribution < 1.29 is 9.47 Å². The van der Waals surface area contributed by atoms with Crippen molar-refractivity contribution in [2.24, 2.45) is 10.7 Å². The van der Waals surface area contributed by atoms with Gasteiger partial charge in [-0.3, -0.25) is 4.99 Å². The second-order valence-electron chi connectivity index (χ2n) is 5.51. The van der Waals surface area contributed by atoms with Gasteiger partial charge in [-0.25, -0.2) is 0 Å². The van der Waals surface area contributed by atoms with Gasteiger partial charge in [-0.1, -0.05) is 19.1 Å². The highest BCUT2D eigenvalue weighted by Crippen LogP contribution is 2.27. The minimum Gasteiger partial charge on any atom is -0.493 e. The lowest BCUT2D eigenvalue weighted by Gasteiger charge is -2.11. The molecule has 1 unspecified atom stereocenters. The quantitative estimate of drug-likeness (QED) is 0.348. The average Bonchev–Trinajstić information content (AvgIpc) is 3.14. The van der Waals surface area contributed by atoms with Crippen LogP contribution in [-0.2, 0) is 6.42 Å². The van der Waals surface area contributed by atoms with Gasteiger partial charge in [0.1, 0.15) is 0 Å². The lowest BCUT2D eigenvalue weighted by atomic mass is 10.1. The Kier molecular flexibility index (Phi) is 9.66. The Hall–Kier alpha value is -1.48. The first-order valence-electron chi connectivity index (χ1n) is 7.92. The molecule has 0 radical (unpaired) electrons. The highest BCUT2D eigenvalue weighted by Gasteiger charge is 2.06. The van der Waals surface area contributed by atoms with Crippen LogP contribution < -0.4 is 20.5 Å². The van der Waals surface area contributed by atoms with Crippen LogP contribution in [0.1, 0.15) is 23.3 Å². The smallest absolute Gasteiger partial charge is 0.188 e. The molecule has 0 aliphatic heterocycles. The van der Waals surface area contributed by atoms with Crippen LogP contribution in [0.5, 0.6) is 11.5 Å². The molecule has 0 saturated heterocycles. The van der Waals surface area contributed by atoms with Gasteiger partial charge in [0.05, 0.1) is 20.8 Å². The number of rotatable bonds is 8. The zero-order chi connectivity index (χ0) is 17.4. The van der Waals surface area contributed by atoms with E-state index in [1.54, 1.807) is 25.6 Å². The SMILES string of the molecule is COc1ccc(CCNC(N)=NCC(C)c2cccs2)cc1OC.I. The number of nitrogens with one attached hydrogen (secondary N) is 1. The molecular formula is C18H26IN3O2S. The topological polar surface area (TPSA) is 68.9 Å². The van der Waals surface area contributed by atoms with Crippen molar-refractivity contribution in [3.8, 4) is 11.5 Å². The van der Waals surface area contributed by atoms with E-state index in [-0.39, 0.29) is 24.0 Å². The largest absolute Gasteiger partial charge is 0.493 e. The number of methoxy groups -OCH3 is 2. The van der Waals surface area contributed by atoms with Crippen molar-refractivity contribution in [1.29, 1.82) is 0 Å². The van der Waals surface area contributed by atoms with Crippen LogP contribution in [0.15, 0.2) is 40.7 Å². The Morgan fingerprint density at radius 2 is 2.00 bits per heavy atom. The number of benzene rings is 1. The molecule has 0 amide bonds. The normalized spacial score (nSPS) is 12.2. The summed E-state index contributed by atoms with van der Waals surface area (Å²) in [5.74, 6) is 2.34. The number of thiophene rings is 1. The summed E-state index contributed by atoms with van der Waals surface area (Å²) in [4.78, 5) is 5.75. The van der Waals surface area contributed by atoms with Gasteiger partial charge in [0.15, 0.2) is 17.5 Å². The molecule has 0 bridgehead atoms. The van der Waals surface area contributed by atoms with Crippen LogP contribution in [0.2, 0.25) is 0 Å². The predicted octanol–water partition coefficient (Wildman–Crippen LogP) is 3.63. The van der Waals surface area contributed by atoms with Crippen molar-refractivity contribution in [3.63, 3.8) is 0 Å². The standard InChI is InChI=1S/C18H25N3O2S.HI/c1-13(17-5-4-10-24-17)12-21-18(19)20-9-8-14-6-7-15(22-2)16(11-14)23-3;/h4-7,10-11,13H,8-9,12H2,1-3H3,(H3,19,20,21);1H. The minimum absolute atomic E-state index is 0. The Morgan fingerprint density at radius 1 is 1.24 bits per heavy atom. The van der Waals surface area contributed by atoms with Gasteiger partial charge in [0.2, 0.25) is 0 Å². The Bertz CT molecular complexity index is 662. The minimum atomic E-state index is 0. The second-order valence-corrected chi connectivity index (χ2v) is 6.49. The Labute approximate surface area is 170 Å². The number of aliphatic imine (C=N–C) groups is 1. The van der Waals surface area contributed by atoms with E-state index in [2.05, 4.69) is 34.7 Å². The number of guanidine groups is 1. The molecule has 1 aromatic carbocycles. The van der Waals surface area contributed by atoms with Crippen LogP contribution in [-0.4, -0.2) is 33.3 Å². The van der Waals surface area contributed by atoms with E-state index in [4.69, 9.17) is 15.2 Å². The highest BCUT2D eigenvalue weighted by atomic mass is 127. The van der Waals surface area contributed by atoms with E-state index in [1.807, 2.05) is 18.2 Å². The fraction of sp³-hybridized carbons (Fsp3) is 0.389. The predicted molar refractivity (Wildman–Crippen MR) is 116 cm³/mol. The molecule has 2 rings (SSSR count). The molecule has 1 aromatic heterocycles. The lowest BCUT2D eigenvalue weighted by molar-refractivity contribution is 0.354. The first-order chi connectivity index (χ1) is 11.6. The first-order valence-corrected chi connectivity index (χ1v) is 8.80. The highest BCUT2D eigenvalue weighted by molar-refractivity contribution is 14.0. The molecule has 7 heteroatoms. The number of hydrogen-bond acceptors (Lipinski definition) is 4. The summed E-state index contributed by atoms with van der Waals surface area (Å²) >= 11 is 1.75. The van der Waals surface area contributed by atoms with E-state index in [9.17, 15) is 0 Å². The maximum absolute atomic E-state index is 5.94. The van der Waals surface area contributed by atoms with Gasteiger partial charge in [-0.15, -0.1) is 35.3 Å². The van der Waals surface area contributed by atoms with Crippen molar-refractivity contribution >= 4 is 41.3 Å². The monoisotopic (exact) mass is 475 g/mol. The van der Waals surface area contributed by atoms with E-state index in [1.165, 1.54) is 4.88 Å². The van der Waals surface area contributed by atoms with E-state index < -0.39 is 0 Å². The summed E-state index contributed by atoms with van der Waals surface area (Å²) in [5.41, 5.74) is 7.09. The van der Waals surface area contributed by atoms with Crippen LogP contribution in [0, 0.1) is 0 Å². The van der Waals surface area contributed by atoms with E-state index >= 15 is 0 Å². The molecule has 0 aliphatic rings. The summed E-state index contributed by atoms with van der Waals surface area (Å²) in [6.45, 7) is 3.57. The molecule has 3 N–H and O–H groups in total. The van der Waals surface area contributed by atoms with Crippen LogP contribution in [0.3, 0.4) is 0 Å². The third-order valence-corrected chi connectivity index (χ3v) is 4.84. The van der Waals surface area contributed by atoms with Crippen LogP contribution >= 0.6 is 35.3 Å². The molecule has 5 nitrogen and oxygen atoms in total. The molecular weight excluding hydrogens is 449 g/mol. The molecule has 0 aliphatic carbocycles. The van der Waals surface area contributed by atoms with Crippen molar-refractivity contribution in [1.82, 2.24) is 5.32 Å². The average molecular weight is 475 g/mol. The van der Waals surface area contributed by atoms with Gasteiger partial charge >= 0.3 is 0 Å². The van der Waals surface area contributed by atoms with E-state index in [0.717, 1.165) is 30.0 Å². The van der Waals surface area contributed by atoms with Crippen molar-refractivity contribution in [2.75, 3.05) is 27.3 Å². The number of ether oxygens (including phenoxy) is 2. The van der Waals surface area contributed by atoms with Gasteiger partial charge in [0, 0.05) is 17.3 Å². The summed E-state index contributed by atoms with van der Waals surface area (Å²) in [6.07, 6.45) is 0.830. The maximum atomic E-state index is 5.94. The first kappa shape index (κ1) is 21.6. The number of hydrogen-bond donors (Lipinski definition) is 2. The zero-order valence-corrected chi connectivity index (χ0v) is 18.0. The number of nitrogens with two attached hydrogens (primary N) is 1. The summed E-state index contributed by atoms with van der Waals surface area (Å²) in [7, 11) is 3.27. The van der Waals surface area contributed by atoms with Gasteiger partial charge in [-0.05, 0) is 35.6 Å². The van der Waals surface area contributed by atoms with Gasteiger partial charge < -0.3 is 20.5 Å². The molecule has 1 atom stereocenters. The molecule has 0 spiro atoms. The third kappa shape index (κ3) is 6.74. The molecule has 2 aromatic rings. The molecule has 138 valence electrons. The fourth-order valence-corrected chi connectivity index (χ4v) is 3.10. The van der Waals surface area contributed by atoms with Crippen molar-refractivity contribution in [2.45, 2.75) is 19.3 Å². The van der Waals surface area contributed by atoms with Crippen LogP contribution in [0.25, 0.3) is 0 Å². The Morgan fingerprint density at radius 3 is 2.64 bits per heavy atom. The van der Waals surface area contributed by atoms with Gasteiger partial charge in [-0.2, -0.15) is 0 Å². The summed E-state index contributed by atoms with van der Waals surface area (Å²) < 4.78 is 10.6. The number of nitrogens with zero attached hydrogens (tertiary/aromatic N) is 1. The van der Waals surface area contributed by atoms with Crippen molar-refractivity contribution in [3.05, 3.63) is 46.2 Å². The lowest BCUT2D eigenvalue weighted by Crippen LogP contribution is -2.33. The zero-order valence-electron chi connectivity index (χ0n) is 14.8. The number of halogens is 1. The maximum Gasteiger partial charge on any atom is 0.188 e.